The summed E-state index contributed by atoms with van der Waals surface area (Å²) >= 11 is 5.89. The van der Waals surface area contributed by atoms with Crippen molar-refractivity contribution in [1.29, 1.82) is 0 Å². The number of halogens is 1. The standard InChI is InChI=1S/C11H13ClN2O/c1-11(2)5-9(11)14-10(15)7-6-13-4-3-8(7)12/h3-4,6,9H,5H2,1-2H3,(H,14,15). The number of amides is 1. The third-order valence-corrected chi connectivity index (χ3v) is 3.16. The molecule has 1 heterocycles. The first-order valence-electron chi connectivity index (χ1n) is 4.91. The van der Waals surface area contributed by atoms with Crippen LogP contribution in [-0.4, -0.2) is 16.9 Å². The molecule has 2 rings (SSSR count). The topological polar surface area (TPSA) is 42.0 Å². The van der Waals surface area contributed by atoms with E-state index >= 15 is 0 Å². The maximum atomic E-state index is 11.8. The van der Waals surface area contributed by atoms with Crippen molar-refractivity contribution < 1.29 is 4.79 Å². The van der Waals surface area contributed by atoms with Crippen molar-refractivity contribution in [2.24, 2.45) is 5.41 Å². The monoisotopic (exact) mass is 224 g/mol. The van der Waals surface area contributed by atoms with E-state index in [1.807, 2.05) is 0 Å². The molecule has 0 aromatic carbocycles. The van der Waals surface area contributed by atoms with Gasteiger partial charge in [-0.2, -0.15) is 0 Å². The molecule has 0 aliphatic heterocycles. The van der Waals surface area contributed by atoms with Gasteiger partial charge >= 0.3 is 0 Å². The van der Waals surface area contributed by atoms with Crippen molar-refractivity contribution >= 4 is 17.5 Å². The fourth-order valence-corrected chi connectivity index (χ4v) is 1.69. The fraction of sp³-hybridized carbons (Fsp3) is 0.455. The number of carbonyl (C=O) groups is 1. The summed E-state index contributed by atoms with van der Waals surface area (Å²) in [4.78, 5) is 15.7. The van der Waals surface area contributed by atoms with E-state index in [-0.39, 0.29) is 17.4 Å². The lowest BCUT2D eigenvalue weighted by Gasteiger charge is -2.07. The van der Waals surface area contributed by atoms with Crippen LogP contribution in [0.15, 0.2) is 18.5 Å². The Hall–Kier alpha value is -1.09. The van der Waals surface area contributed by atoms with E-state index in [9.17, 15) is 4.79 Å². The van der Waals surface area contributed by atoms with Crippen LogP contribution >= 0.6 is 11.6 Å². The van der Waals surface area contributed by atoms with Crippen LogP contribution in [0, 0.1) is 5.41 Å². The molecule has 3 nitrogen and oxygen atoms in total. The average molecular weight is 225 g/mol. The maximum Gasteiger partial charge on any atom is 0.254 e. The molecule has 0 spiro atoms. The summed E-state index contributed by atoms with van der Waals surface area (Å²) in [7, 11) is 0. The van der Waals surface area contributed by atoms with Crippen LogP contribution in [0.5, 0.6) is 0 Å². The Morgan fingerprint density at radius 2 is 2.33 bits per heavy atom. The summed E-state index contributed by atoms with van der Waals surface area (Å²) in [6, 6.07) is 1.88. The lowest BCUT2D eigenvalue weighted by molar-refractivity contribution is 0.0946. The first-order valence-corrected chi connectivity index (χ1v) is 5.29. The van der Waals surface area contributed by atoms with Crippen molar-refractivity contribution in [1.82, 2.24) is 10.3 Å². The van der Waals surface area contributed by atoms with Crippen molar-refractivity contribution in [2.45, 2.75) is 26.3 Å². The summed E-state index contributed by atoms with van der Waals surface area (Å²) in [5.41, 5.74) is 0.673. The Kier molecular flexibility index (Phi) is 2.43. The molecule has 1 aliphatic carbocycles. The Morgan fingerprint density at radius 1 is 1.67 bits per heavy atom. The Balaban J connectivity index is 2.06. The quantitative estimate of drug-likeness (QED) is 0.838. The first-order chi connectivity index (χ1) is 7.00. The molecule has 1 amide bonds. The molecule has 4 heteroatoms. The van der Waals surface area contributed by atoms with E-state index in [0.717, 1.165) is 6.42 Å². The van der Waals surface area contributed by atoms with Crippen LogP contribution in [-0.2, 0) is 0 Å². The largest absolute Gasteiger partial charge is 0.349 e. The summed E-state index contributed by atoms with van der Waals surface area (Å²) < 4.78 is 0. The Morgan fingerprint density at radius 3 is 2.87 bits per heavy atom. The highest BCUT2D eigenvalue weighted by Crippen LogP contribution is 2.44. The maximum absolute atomic E-state index is 11.8. The summed E-state index contributed by atoms with van der Waals surface area (Å²) in [5.74, 6) is -0.135. The molecule has 80 valence electrons. The minimum atomic E-state index is -0.135. The van der Waals surface area contributed by atoms with Gasteiger partial charge in [0.15, 0.2) is 0 Å². The SMILES string of the molecule is CC1(C)CC1NC(=O)c1cnccc1Cl. The van der Waals surface area contributed by atoms with Gasteiger partial charge in [-0.1, -0.05) is 25.4 Å². The molecule has 1 unspecified atom stereocenters. The summed E-state index contributed by atoms with van der Waals surface area (Å²) in [6.07, 6.45) is 4.09. The number of hydrogen-bond donors (Lipinski definition) is 1. The van der Waals surface area contributed by atoms with Gasteiger partial charge in [-0.15, -0.1) is 0 Å². The van der Waals surface area contributed by atoms with Gasteiger partial charge in [0.25, 0.3) is 5.91 Å². The number of pyridine rings is 1. The molecular weight excluding hydrogens is 212 g/mol. The first kappa shape index (κ1) is 10.4. The van der Waals surface area contributed by atoms with Crippen molar-refractivity contribution in [3.05, 3.63) is 29.0 Å². The zero-order chi connectivity index (χ0) is 11.1. The lowest BCUT2D eigenvalue weighted by atomic mass is 10.2. The molecule has 0 saturated heterocycles. The molecule has 15 heavy (non-hydrogen) atoms. The smallest absolute Gasteiger partial charge is 0.254 e. The third kappa shape index (κ3) is 2.12. The number of rotatable bonds is 2. The zero-order valence-corrected chi connectivity index (χ0v) is 9.51. The second kappa shape index (κ2) is 3.49. The van der Waals surface area contributed by atoms with Crippen LogP contribution < -0.4 is 5.32 Å². The van der Waals surface area contributed by atoms with Crippen LogP contribution in [0.25, 0.3) is 0 Å². The van der Waals surface area contributed by atoms with Crippen molar-refractivity contribution in [2.75, 3.05) is 0 Å². The van der Waals surface area contributed by atoms with Gasteiger partial charge in [0.2, 0.25) is 0 Å². The van der Waals surface area contributed by atoms with Gasteiger partial charge in [-0.05, 0) is 17.9 Å². The van der Waals surface area contributed by atoms with Gasteiger partial charge in [0.05, 0.1) is 10.6 Å². The normalized spacial score (nSPS) is 22.2. The van der Waals surface area contributed by atoms with E-state index < -0.39 is 0 Å². The molecule has 0 bridgehead atoms. The molecular formula is C11H13ClN2O. The van der Waals surface area contributed by atoms with Crippen molar-refractivity contribution in [3.8, 4) is 0 Å². The predicted octanol–water partition coefficient (Wildman–Crippen LogP) is 2.26. The fourth-order valence-electron chi connectivity index (χ4n) is 1.49. The molecule has 1 N–H and O–H groups in total. The van der Waals surface area contributed by atoms with Gasteiger partial charge in [-0.25, -0.2) is 0 Å². The molecule has 0 radical (unpaired) electrons. The lowest BCUT2D eigenvalue weighted by Crippen LogP contribution is -2.28. The average Bonchev–Trinajstić information content (AvgIpc) is 2.74. The zero-order valence-electron chi connectivity index (χ0n) is 8.75. The van der Waals surface area contributed by atoms with E-state index in [1.54, 1.807) is 12.3 Å². The third-order valence-electron chi connectivity index (χ3n) is 2.83. The summed E-state index contributed by atoms with van der Waals surface area (Å²) in [5, 5.41) is 3.38. The predicted molar refractivity (Wildman–Crippen MR) is 58.9 cm³/mol. The van der Waals surface area contributed by atoms with E-state index in [4.69, 9.17) is 11.6 Å². The highest BCUT2D eigenvalue weighted by molar-refractivity contribution is 6.33. The van der Waals surface area contributed by atoms with Crippen LogP contribution in [0.2, 0.25) is 5.02 Å². The number of nitrogens with zero attached hydrogens (tertiary/aromatic N) is 1. The highest BCUT2D eigenvalue weighted by atomic mass is 35.5. The second-order valence-electron chi connectivity index (χ2n) is 4.57. The van der Waals surface area contributed by atoms with Crippen LogP contribution in [0.3, 0.4) is 0 Å². The highest BCUT2D eigenvalue weighted by Gasteiger charge is 2.46. The van der Waals surface area contributed by atoms with Crippen molar-refractivity contribution in [3.63, 3.8) is 0 Å². The van der Waals surface area contributed by atoms with Gasteiger partial charge in [-0.3, -0.25) is 9.78 Å². The van der Waals surface area contributed by atoms with Crippen LogP contribution in [0.1, 0.15) is 30.6 Å². The van der Waals surface area contributed by atoms with Crippen LogP contribution in [0.4, 0.5) is 0 Å². The number of nitrogens with one attached hydrogen (secondary N) is 1. The number of carbonyl (C=O) groups excluding carboxylic acids is 1. The number of hydrogen-bond acceptors (Lipinski definition) is 2. The van der Waals surface area contributed by atoms with Gasteiger partial charge in [0.1, 0.15) is 0 Å². The molecule has 1 fully saturated rings. The minimum absolute atomic E-state index is 0.135. The van der Waals surface area contributed by atoms with Gasteiger partial charge < -0.3 is 5.32 Å². The Bertz CT molecular complexity index is 403. The molecule has 1 aliphatic rings. The molecule has 1 atom stereocenters. The molecule has 1 saturated carbocycles. The number of aromatic nitrogens is 1. The minimum Gasteiger partial charge on any atom is -0.349 e. The second-order valence-corrected chi connectivity index (χ2v) is 4.98. The molecule has 1 aromatic heterocycles. The van der Waals surface area contributed by atoms with Gasteiger partial charge in [0, 0.05) is 18.4 Å². The van der Waals surface area contributed by atoms with E-state index in [0.29, 0.717) is 10.6 Å². The van der Waals surface area contributed by atoms with E-state index in [2.05, 4.69) is 24.1 Å². The molecule has 1 aromatic rings. The summed E-state index contributed by atoms with van der Waals surface area (Å²) in [6.45, 7) is 4.26. The van der Waals surface area contributed by atoms with E-state index in [1.165, 1.54) is 6.20 Å². The Labute approximate surface area is 93.8 Å².